The van der Waals surface area contributed by atoms with Gasteiger partial charge in [-0.3, -0.25) is 0 Å². The van der Waals surface area contributed by atoms with Crippen molar-refractivity contribution in [2.24, 2.45) is 0 Å². The minimum atomic E-state index is 0.190. The zero-order valence-electron chi connectivity index (χ0n) is 10.0. The van der Waals surface area contributed by atoms with Gasteiger partial charge in [0.1, 0.15) is 4.34 Å². The van der Waals surface area contributed by atoms with Crippen LogP contribution in [0.2, 0.25) is 4.34 Å². The lowest BCUT2D eigenvalue weighted by atomic mass is 10.1. The highest BCUT2D eigenvalue weighted by Crippen LogP contribution is 2.37. The molecule has 0 saturated heterocycles. The molecule has 0 fully saturated rings. The lowest BCUT2D eigenvalue weighted by molar-refractivity contribution is 0.703. The van der Waals surface area contributed by atoms with Crippen molar-refractivity contribution in [2.45, 2.75) is 10.9 Å². The van der Waals surface area contributed by atoms with Crippen LogP contribution in [0, 0.1) is 0 Å². The third-order valence-electron chi connectivity index (χ3n) is 2.69. The molecule has 1 N–H and O–H groups in total. The molecule has 1 aromatic carbocycles. The Kier molecular flexibility index (Phi) is 5.15. The molecule has 5 heteroatoms. The maximum Gasteiger partial charge on any atom is 0.107 e. The van der Waals surface area contributed by atoms with E-state index in [1.807, 2.05) is 7.05 Å². The molecular formula is C13H13BrClNS2. The summed E-state index contributed by atoms with van der Waals surface area (Å²) in [7, 11) is 1.97. The first-order valence-corrected chi connectivity index (χ1v) is 8.63. The maximum absolute atomic E-state index is 6.11. The molecule has 1 aromatic heterocycles. The Balaban J connectivity index is 2.32. The van der Waals surface area contributed by atoms with Gasteiger partial charge in [-0.15, -0.1) is 23.1 Å². The van der Waals surface area contributed by atoms with Crippen molar-refractivity contribution in [2.75, 3.05) is 13.3 Å². The lowest BCUT2D eigenvalue weighted by Gasteiger charge is -2.15. The van der Waals surface area contributed by atoms with Crippen molar-refractivity contribution in [3.05, 3.63) is 49.6 Å². The van der Waals surface area contributed by atoms with Crippen molar-refractivity contribution in [3.63, 3.8) is 0 Å². The summed E-state index contributed by atoms with van der Waals surface area (Å²) in [5.41, 5.74) is 1.25. The Morgan fingerprint density at radius 1 is 1.33 bits per heavy atom. The maximum atomic E-state index is 6.11. The fourth-order valence-electron chi connectivity index (χ4n) is 1.78. The summed E-state index contributed by atoms with van der Waals surface area (Å²) in [6, 6.07) is 10.9. The van der Waals surface area contributed by atoms with E-state index in [2.05, 4.69) is 57.8 Å². The third kappa shape index (κ3) is 3.11. The van der Waals surface area contributed by atoms with E-state index >= 15 is 0 Å². The van der Waals surface area contributed by atoms with E-state index in [1.165, 1.54) is 15.3 Å². The zero-order valence-corrected chi connectivity index (χ0v) is 14.0. The van der Waals surface area contributed by atoms with Gasteiger partial charge in [0.25, 0.3) is 0 Å². The van der Waals surface area contributed by atoms with E-state index in [4.69, 9.17) is 11.6 Å². The second kappa shape index (κ2) is 6.44. The normalized spacial score (nSPS) is 12.7. The monoisotopic (exact) mass is 361 g/mol. The van der Waals surface area contributed by atoms with Crippen LogP contribution in [0.5, 0.6) is 0 Å². The Hall–Kier alpha value is -0.000000000000000139. The average Bonchev–Trinajstić information content (AvgIpc) is 2.71. The molecule has 96 valence electrons. The molecule has 0 bridgehead atoms. The van der Waals surface area contributed by atoms with Gasteiger partial charge in [0, 0.05) is 14.2 Å². The van der Waals surface area contributed by atoms with Crippen molar-refractivity contribution in [3.8, 4) is 0 Å². The van der Waals surface area contributed by atoms with Gasteiger partial charge in [0.05, 0.1) is 6.04 Å². The predicted molar refractivity (Wildman–Crippen MR) is 86.2 cm³/mol. The quantitative estimate of drug-likeness (QED) is 0.751. The second-order valence-corrected chi connectivity index (χ2v) is 7.19. The van der Waals surface area contributed by atoms with Crippen molar-refractivity contribution in [1.82, 2.24) is 5.32 Å². The molecule has 0 aliphatic carbocycles. The fourth-order valence-corrected chi connectivity index (χ4v) is 4.06. The van der Waals surface area contributed by atoms with Crippen LogP contribution in [-0.2, 0) is 0 Å². The Morgan fingerprint density at radius 3 is 2.44 bits per heavy atom. The van der Waals surface area contributed by atoms with E-state index in [9.17, 15) is 0 Å². The van der Waals surface area contributed by atoms with E-state index in [0.717, 1.165) is 8.81 Å². The van der Waals surface area contributed by atoms with E-state index < -0.39 is 0 Å². The van der Waals surface area contributed by atoms with Gasteiger partial charge in [-0.05, 0) is 53.0 Å². The first-order valence-electron chi connectivity index (χ1n) is 5.41. The Labute approximate surface area is 129 Å². The second-order valence-electron chi connectivity index (χ2n) is 3.77. The zero-order chi connectivity index (χ0) is 13.1. The minimum absolute atomic E-state index is 0.190. The number of benzene rings is 1. The molecule has 1 unspecified atom stereocenters. The molecule has 0 amide bonds. The highest BCUT2D eigenvalue weighted by atomic mass is 79.9. The van der Waals surface area contributed by atoms with Gasteiger partial charge in [-0.1, -0.05) is 23.7 Å². The number of thioether (sulfide) groups is 1. The molecule has 1 atom stereocenters. The standard InChI is InChI=1S/C13H13BrClNS2/c1-16-12(11-7-10(14)13(15)18-11)8-3-5-9(17-2)6-4-8/h3-7,12,16H,1-2H3. The van der Waals surface area contributed by atoms with Crippen LogP contribution in [0.3, 0.4) is 0 Å². The molecule has 0 aliphatic rings. The lowest BCUT2D eigenvalue weighted by Crippen LogP contribution is -2.16. The predicted octanol–water partition coefficient (Wildman–Crippen LogP) is 5.19. The van der Waals surface area contributed by atoms with Crippen LogP contribution >= 0.6 is 50.6 Å². The minimum Gasteiger partial charge on any atom is -0.309 e. The highest BCUT2D eigenvalue weighted by molar-refractivity contribution is 9.10. The molecule has 0 radical (unpaired) electrons. The van der Waals surface area contributed by atoms with E-state index in [0.29, 0.717) is 0 Å². The smallest absolute Gasteiger partial charge is 0.107 e. The SMILES string of the molecule is CNC(c1ccc(SC)cc1)c1cc(Br)c(Cl)s1. The fraction of sp³-hybridized carbons (Fsp3) is 0.231. The summed E-state index contributed by atoms with van der Waals surface area (Å²) in [6.45, 7) is 0. The van der Waals surface area contributed by atoms with Crippen LogP contribution < -0.4 is 5.32 Å². The van der Waals surface area contributed by atoms with Crippen LogP contribution in [0.1, 0.15) is 16.5 Å². The highest BCUT2D eigenvalue weighted by Gasteiger charge is 2.16. The number of thiophene rings is 1. The molecular weight excluding hydrogens is 350 g/mol. The molecule has 0 spiro atoms. The van der Waals surface area contributed by atoms with Gasteiger partial charge < -0.3 is 5.32 Å². The topological polar surface area (TPSA) is 12.0 Å². The van der Waals surface area contributed by atoms with Gasteiger partial charge in [-0.25, -0.2) is 0 Å². The molecule has 1 heterocycles. The third-order valence-corrected chi connectivity index (χ3v) is 5.97. The largest absolute Gasteiger partial charge is 0.309 e. The van der Waals surface area contributed by atoms with Gasteiger partial charge in [0.15, 0.2) is 0 Å². The molecule has 0 aliphatic heterocycles. The first-order chi connectivity index (χ1) is 8.65. The van der Waals surface area contributed by atoms with Crippen LogP contribution in [-0.4, -0.2) is 13.3 Å². The summed E-state index contributed by atoms with van der Waals surface area (Å²) in [4.78, 5) is 2.49. The van der Waals surface area contributed by atoms with Crippen molar-refractivity contribution in [1.29, 1.82) is 0 Å². The molecule has 1 nitrogen and oxygen atoms in total. The number of hydrogen-bond donors (Lipinski definition) is 1. The molecule has 2 rings (SSSR count). The molecule has 2 aromatic rings. The van der Waals surface area contributed by atoms with Crippen molar-refractivity contribution >= 4 is 50.6 Å². The number of halogens is 2. The van der Waals surface area contributed by atoms with Gasteiger partial charge >= 0.3 is 0 Å². The number of hydrogen-bond acceptors (Lipinski definition) is 3. The summed E-state index contributed by atoms with van der Waals surface area (Å²) in [6.07, 6.45) is 2.08. The number of nitrogens with one attached hydrogen (secondary N) is 1. The van der Waals surface area contributed by atoms with Crippen LogP contribution in [0.15, 0.2) is 39.7 Å². The Morgan fingerprint density at radius 2 is 2.00 bits per heavy atom. The summed E-state index contributed by atoms with van der Waals surface area (Å²) in [5.74, 6) is 0. The average molecular weight is 363 g/mol. The van der Waals surface area contributed by atoms with Crippen molar-refractivity contribution < 1.29 is 0 Å². The number of rotatable bonds is 4. The Bertz CT molecular complexity index is 505. The van der Waals surface area contributed by atoms with E-state index in [1.54, 1.807) is 23.1 Å². The van der Waals surface area contributed by atoms with Crippen LogP contribution in [0.4, 0.5) is 0 Å². The first kappa shape index (κ1) is 14.4. The molecule has 0 saturated carbocycles. The summed E-state index contributed by atoms with van der Waals surface area (Å²) in [5, 5.41) is 3.34. The molecule has 18 heavy (non-hydrogen) atoms. The van der Waals surface area contributed by atoms with Gasteiger partial charge in [-0.2, -0.15) is 0 Å². The van der Waals surface area contributed by atoms with E-state index in [-0.39, 0.29) is 6.04 Å². The van der Waals surface area contributed by atoms with Gasteiger partial charge in [0.2, 0.25) is 0 Å². The van der Waals surface area contributed by atoms with Crippen LogP contribution in [0.25, 0.3) is 0 Å². The summed E-state index contributed by atoms with van der Waals surface area (Å²) >= 11 is 12.9. The summed E-state index contributed by atoms with van der Waals surface area (Å²) < 4.78 is 1.76.